The van der Waals surface area contributed by atoms with Gasteiger partial charge in [0.15, 0.2) is 5.79 Å². The predicted octanol–water partition coefficient (Wildman–Crippen LogP) is 6.13. The molecule has 2 heterocycles. The second kappa shape index (κ2) is 18.7. The highest BCUT2D eigenvalue weighted by atomic mass is 16.7. The van der Waals surface area contributed by atoms with Crippen LogP contribution in [0.1, 0.15) is 98.8 Å². The molecular weight excluding hydrogens is 608 g/mol. The number of aliphatic hydroxyl groups excluding tert-OH is 1. The van der Waals surface area contributed by atoms with Gasteiger partial charge in [0.25, 0.3) is 0 Å². The second-order valence-electron chi connectivity index (χ2n) is 12.8. The summed E-state index contributed by atoms with van der Waals surface area (Å²) in [5, 5.41) is 37.4. The molecule has 1 spiro atoms. The average molecular weight is 661 g/mol. The first-order valence-electron chi connectivity index (χ1n) is 16.4. The first-order chi connectivity index (χ1) is 22.1. The number of ether oxygens (including phenoxy) is 3. The van der Waals surface area contributed by atoms with E-state index in [0.717, 1.165) is 37.0 Å². The molecule has 0 aliphatic carbocycles. The Morgan fingerprint density at radius 2 is 1.64 bits per heavy atom. The maximum Gasteiger partial charge on any atom is 0.328 e. The molecule has 2 saturated heterocycles. The Morgan fingerprint density at radius 3 is 2.28 bits per heavy atom. The number of hydrogen-bond acceptors (Lipinski definition) is 8. The van der Waals surface area contributed by atoms with Crippen LogP contribution in [0.4, 0.5) is 0 Å². The van der Waals surface area contributed by atoms with Crippen LogP contribution in [-0.4, -0.2) is 74.0 Å². The topological polar surface area (TPSA) is 177 Å². The number of aliphatic hydroxyl groups is 1. The van der Waals surface area contributed by atoms with Gasteiger partial charge >= 0.3 is 23.9 Å². The summed E-state index contributed by atoms with van der Waals surface area (Å²) in [6.45, 7) is 9.46. The zero-order chi connectivity index (χ0) is 35.2. The summed E-state index contributed by atoms with van der Waals surface area (Å²) in [6.07, 6.45) is 15.0. The van der Waals surface area contributed by atoms with E-state index < -0.39 is 47.5 Å². The first kappa shape index (κ1) is 39.6. The predicted molar refractivity (Wildman–Crippen MR) is 175 cm³/mol. The summed E-state index contributed by atoms with van der Waals surface area (Å²) in [7, 11) is 0. The first-order valence-corrected chi connectivity index (χ1v) is 16.4. The molecule has 0 amide bonds. The lowest BCUT2D eigenvalue weighted by molar-refractivity contribution is -0.308. The van der Waals surface area contributed by atoms with Crippen LogP contribution in [0.2, 0.25) is 0 Å². The Balaban J connectivity index is 2.28. The van der Waals surface area contributed by atoms with Crippen molar-refractivity contribution in [3.05, 3.63) is 59.8 Å². The molecule has 4 N–H and O–H groups in total. The zero-order valence-electron chi connectivity index (χ0n) is 28.2. The third-order valence-electron chi connectivity index (χ3n) is 8.77. The van der Waals surface area contributed by atoms with Crippen LogP contribution >= 0.6 is 0 Å². The van der Waals surface area contributed by atoms with E-state index in [9.17, 15) is 24.3 Å². The van der Waals surface area contributed by atoms with E-state index in [1.165, 1.54) is 6.08 Å². The van der Waals surface area contributed by atoms with Crippen molar-refractivity contribution in [2.75, 3.05) is 0 Å². The normalized spacial score (nSPS) is 27.4. The molecule has 7 atom stereocenters. The van der Waals surface area contributed by atoms with Gasteiger partial charge in [-0.05, 0) is 57.1 Å². The number of esters is 1. The molecule has 11 heteroatoms. The number of unbranched alkanes of at least 4 members (excludes halogenated alkanes) is 1. The molecule has 2 fully saturated rings. The Bertz CT molecular complexity index is 1250. The molecule has 7 unspecified atom stereocenters. The van der Waals surface area contributed by atoms with Crippen molar-refractivity contribution in [2.24, 2.45) is 11.8 Å². The fraction of sp³-hybridized carbons (Fsp3) is 0.611. The summed E-state index contributed by atoms with van der Waals surface area (Å²) in [5.41, 5.74) is 0.415. The molecular formula is C36H52O11. The van der Waals surface area contributed by atoms with Crippen LogP contribution in [0.3, 0.4) is 0 Å². The number of hydrogen-bond donors (Lipinski definition) is 4. The standard InChI is InChI=1S/C36H52O11/c1-6-7-19-35(30(14-10-25(3)23-33(42)43)45-34(44)17-16-32(40)41)21-22-36(47-35)20-18-27(5)29(46-36)13-9-24(2)8-12-28(37)26(4)11-15-31(38)39/h8-12,14-15,23,26-30,37H,6-7,13,16-22H2,1-5H3,(H,38,39)(H,40,41)(H,42,43)/b12-8+,14-10+,15-11+,24-9+,25-23-. The molecule has 2 rings (SSSR count). The summed E-state index contributed by atoms with van der Waals surface area (Å²) >= 11 is 0. The minimum Gasteiger partial charge on any atom is -0.481 e. The van der Waals surface area contributed by atoms with Crippen LogP contribution in [0.5, 0.6) is 0 Å². The third-order valence-corrected chi connectivity index (χ3v) is 8.77. The van der Waals surface area contributed by atoms with Crippen molar-refractivity contribution in [2.45, 2.75) is 129 Å². The summed E-state index contributed by atoms with van der Waals surface area (Å²) in [6, 6.07) is 0. The number of carbonyl (C=O) groups is 4. The maximum absolute atomic E-state index is 12.8. The molecule has 0 aromatic carbocycles. The van der Waals surface area contributed by atoms with Crippen LogP contribution in [0, 0.1) is 11.8 Å². The van der Waals surface area contributed by atoms with Gasteiger partial charge in [0.05, 0.1) is 25.0 Å². The SMILES string of the molecule is CCCCC1(C(/C=C/C(C)=C\C(=O)O)OC(=O)CCC(=O)O)CCC2(CCC(C)C(C/C=C(C)/C=C/C(O)C(C)/C=C/C(=O)O)O2)O1. The van der Waals surface area contributed by atoms with E-state index >= 15 is 0 Å². The second-order valence-corrected chi connectivity index (χ2v) is 12.8. The van der Waals surface area contributed by atoms with Crippen LogP contribution in [-0.2, 0) is 33.4 Å². The molecule has 0 aromatic heterocycles. The summed E-state index contributed by atoms with van der Waals surface area (Å²) in [4.78, 5) is 45.8. The van der Waals surface area contributed by atoms with Gasteiger partial charge in [0, 0.05) is 30.9 Å². The minimum absolute atomic E-state index is 0.163. The molecule has 2 aliphatic heterocycles. The van der Waals surface area contributed by atoms with Gasteiger partial charge < -0.3 is 34.6 Å². The fourth-order valence-corrected chi connectivity index (χ4v) is 5.85. The quantitative estimate of drug-likeness (QED) is 0.0755. The maximum atomic E-state index is 12.8. The van der Waals surface area contributed by atoms with Crippen molar-refractivity contribution in [1.29, 1.82) is 0 Å². The van der Waals surface area contributed by atoms with Crippen LogP contribution in [0.15, 0.2) is 59.8 Å². The smallest absolute Gasteiger partial charge is 0.328 e. The lowest BCUT2D eigenvalue weighted by Gasteiger charge is -2.44. The van der Waals surface area contributed by atoms with Gasteiger partial charge in [-0.15, -0.1) is 0 Å². The highest BCUT2D eigenvalue weighted by Gasteiger charge is 2.56. The lowest BCUT2D eigenvalue weighted by atomic mass is 9.85. The van der Waals surface area contributed by atoms with Gasteiger partial charge in [0.1, 0.15) is 11.7 Å². The summed E-state index contributed by atoms with van der Waals surface area (Å²) in [5.74, 6) is -4.99. The number of carboxylic acid groups (broad SMARTS) is 3. The van der Waals surface area contributed by atoms with Gasteiger partial charge in [-0.2, -0.15) is 0 Å². The van der Waals surface area contributed by atoms with E-state index in [1.807, 2.05) is 19.9 Å². The molecule has 2 aliphatic rings. The minimum atomic E-state index is -1.11. The zero-order valence-corrected chi connectivity index (χ0v) is 28.2. The molecule has 11 nitrogen and oxygen atoms in total. The number of rotatable bonds is 18. The van der Waals surface area contributed by atoms with E-state index in [4.69, 9.17) is 29.5 Å². The van der Waals surface area contributed by atoms with E-state index in [2.05, 4.69) is 6.92 Å². The van der Waals surface area contributed by atoms with Crippen LogP contribution < -0.4 is 0 Å². The third kappa shape index (κ3) is 13.2. The van der Waals surface area contributed by atoms with Gasteiger partial charge in [-0.1, -0.05) is 69.6 Å². The Hall–Kier alpha value is -3.54. The van der Waals surface area contributed by atoms with Crippen molar-refractivity contribution < 1.29 is 53.8 Å². The van der Waals surface area contributed by atoms with E-state index in [1.54, 1.807) is 38.2 Å². The monoisotopic (exact) mass is 660 g/mol. The number of carboxylic acids is 3. The number of carbonyl (C=O) groups excluding carboxylic acids is 1. The van der Waals surface area contributed by atoms with E-state index in [0.29, 0.717) is 37.7 Å². The van der Waals surface area contributed by atoms with Crippen molar-refractivity contribution in [3.63, 3.8) is 0 Å². The van der Waals surface area contributed by atoms with Gasteiger partial charge in [0.2, 0.25) is 0 Å². The van der Waals surface area contributed by atoms with Crippen molar-refractivity contribution in [3.8, 4) is 0 Å². The molecule has 0 bridgehead atoms. The fourth-order valence-electron chi connectivity index (χ4n) is 5.85. The van der Waals surface area contributed by atoms with Crippen molar-refractivity contribution >= 4 is 23.9 Å². The molecule has 0 aromatic rings. The molecule has 262 valence electrons. The highest BCUT2D eigenvalue weighted by Crippen LogP contribution is 2.50. The largest absolute Gasteiger partial charge is 0.481 e. The van der Waals surface area contributed by atoms with E-state index in [-0.39, 0.29) is 30.8 Å². The summed E-state index contributed by atoms with van der Waals surface area (Å²) < 4.78 is 19.5. The molecule has 47 heavy (non-hydrogen) atoms. The average Bonchev–Trinajstić information content (AvgIpc) is 3.37. The van der Waals surface area contributed by atoms with Crippen molar-refractivity contribution in [1.82, 2.24) is 0 Å². The Morgan fingerprint density at radius 1 is 0.936 bits per heavy atom. The molecule has 0 saturated carbocycles. The molecule has 0 radical (unpaired) electrons. The number of aliphatic carboxylic acids is 3. The Labute approximate surface area is 277 Å². The van der Waals surface area contributed by atoms with Gasteiger partial charge in [-0.25, -0.2) is 9.59 Å². The number of allylic oxidation sites excluding steroid dienone is 4. The van der Waals surface area contributed by atoms with Crippen LogP contribution in [0.25, 0.3) is 0 Å². The van der Waals surface area contributed by atoms with Gasteiger partial charge in [-0.3, -0.25) is 9.59 Å². The Kier molecular flexibility index (Phi) is 15.8. The highest BCUT2D eigenvalue weighted by molar-refractivity contribution is 5.81. The lowest BCUT2D eigenvalue weighted by Crippen LogP contribution is -2.50.